The smallest absolute Gasteiger partial charge is 0.336 e. The Balaban J connectivity index is 0.000000289. The van der Waals surface area contributed by atoms with Gasteiger partial charge in [0, 0.05) is 59.4 Å². The van der Waals surface area contributed by atoms with Gasteiger partial charge in [-0.15, -0.1) is 11.3 Å². The number of hydrogen-bond donors (Lipinski definition) is 4. The summed E-state index contributed by atoms with van der Waals surface area (Å²) in [6.07, 6.45) is 4.44. The van der Waals surface area contributed by atoms with Gasteiger partial charge in [-0.2, -0.15) is 0 Å². The van der Waals surface area contributed by atoms with Crippen LogP contribution in [-0.2, 0) is 34.0 Å². The summed E-state index contributed by atoms with van der Waals surface area (Å²) in [6.45, 7) is 6.02. The van der Waals surface area contributed by atoms with E-state index >= 15 is 0 Å². The van der Waals surface area contributed by atoms with Crippen LogP contribution in [0.3, 0.4) is 0 Å². The molecule has 0 aliphatic carbocycles. The minimum atomic E-state index is -2.74. The highest BCUT2D eigenvalue weighted by Gasteiger charge is 2.40. The van der Waals surface area contributed by atoms with Crippen LogP contribution in [0.2, 0.25) is 5.02 Å². The first-order valence-corrected chi connectivity index (χ1v) is 13.4. The van der Waals surface area contributed by atoms with Crippen molar-refractivity contribution in [2.75, 3.05) is 13.3 Å². The van der Waals surface area contributed by atoms with E-state index in [1.165, 1.54) is 9.75 Å². The average molecular weight is 596 g/mol. The van der Waals surface area contributed by atoms with Gasteiger partial charge in [-0.3, -0.25) is 14.5 Å². The van der Waals surface area contributed by atoms with Crippen molar-refractivity contribution in [3.8, 4) is 11.5 Å². The third kappa shape index (κ3) is 9.23. The summed E-state index contributed by atoms with van der Waals surface area (Å²) in [6, 6.07) is 8.26. The van der Waals surface area contributed by atoms with E-state index in [0.717, 1.165) is 54.7 Å². The molecule has 0 atom stereocenters. The molecule has 1 aliphatic rings. The van der Waals surface area contributed by atoms with Crippen LogP contribution < -0.4 is 9.47 Å². The quantitative estimate of drug-likeness (QED) is 0.228. The number of hydrogen-bond acceptors (Lipinski definition) is 9. The van der Waals surface area contributed by atoms with Crippen LogP contribution in [0.5, 0.6) is 11.5 Å². The molecule has 0 saturated carbocycles. The van der Waals surface area contributed by atoms with Gasteiger partial charge in [0.15, 0.2) is 17.1 Å². The van der Waals surface area contributed by atoms with Gasteiger partial charge in [0.1, 0.15) is 0 Å². The number of rotatable bonds is 13. The normalized spacial score (nSPS) is 12.2. The molecule has 40 heavy (non-hydrogen) atoms. The summed E-state index contributed by atoms with van der Waals surface area (Å²) >= 11 is 8.35. The van der Waals surface area contributed by atoms with Crippen molar-refractivity contribution in [2.45, 2.75) is 51.4 Å². The number of nitrogens with zero attached hydrogens (tertiary/aromatic N) is 3. The summed E-state index contributed by atoms with van der Waals surface area (Å²) in [5.41, 5.74) is -1.67. The van der Waals surface area contributed by atoms with E-state index in [-0.39, 0.29) is 6.79 Å². The Morgan fingerprint density at radius 3 is 2.33 bits per heavy atom. The van der Waals surface area contributed by atoms with E-state index in [1.807, 2.05) is 42.2 Å². The molecule has 0 fully saturated rings. The number of ether oxygens (including phenoxy) is 2. The molecule has 4 rings (SSSR count). The summed E-state index contributed by atoms with van der Waals surface area (Å²) < 4.78 is 13.0. The molecule has 3 aromatic rings. The number of fused-ring (bicyclic) bond motifs is 1. The van der Waals surface area contributed by atoms with Gasteiger partial charge in [0.25, 0.3) is 0 Å². The number of benzene rings is 1. The largest absolute Gasteiger partial charge is 0.481 e. The van der Waals surface area contributed by atoms with Crippen molar-refractivity contribution >= 4 is 40.8 Å². The van der Waals surface area contributed by atoms with E-state index in [0.29, 0.717) is 0 Å². The average Bonchev–Trinajstić information content (AvgIpc) is 3.61. The van der Waals surface area contributed by atoms with Crippen molar-refractivity contribution < 1.29 is 44.3 Å². The number of carboxylic acid groups (broad SMARTS) is 3. The Labute approximate surface area is 239 Å². The van der Waals surface area contributed by atoms with E-state index < -0.39 is 36.4 Å². The molecule has 0 amide bonds. The number of aryl methyl sites for hydroxylation is 2. The maximum absolute atomic E-state index is 10.3. The van der Waals surface area contributed by atoms with Crippen molar-refractivity contribution in [1.82, 2.24) is 14.5 Å². The zero-order valence-corrected chi connectivity index (χ0v) is 23.2. The molecule has 0 bridgehead atoms. The zero-order valence-electron chi connectivity index (χ0n) is 21.7. The van der Waals surface area contributed by atoms with Gasteiger partial charge >= 0.3 is 17.9 Å². The maximum Gasteiger partial charge on any atom is 0.336 e. The summed E-state index contributed by atoms with van der Waals surface area (Å²) in [5, 5.41) is 34.5. The van der Waals surface area contributed by atoms with Crippen LogP contribution in [0.1, 0.15) is 34.6 Å². The van der Waals surface area contributed by atoms with Gasteiger partial charge in [0.05, 0.1) is 19.2 Å². The fourth-order valence-corrected chi connectivity index (χ4v) is 5.08. The Morgan fingerprint density at radius 1 is 1.10 bits per heavy atom. The molecule has 2 aromatic heterocycles. The molecule has 1 aromatic carbocycles. The summed E-state index contributed by atoms with van der Waals surface area (Å²) in [4.78, 5) is 39.7. The number of aliphatic carboxylic acids is 3. The fourth-order valence-electron chi connectivity index (χ4n) is 3.94. The molecular formula is C26H30ClN3O9S. The van der Waals surface area contributed by atoms with Gasteiger partial charge in [0.2, 0.25) is 6.79 Å². The highest BCUT2D eigenvalue weighted by molar-refractivity contribution is 7.11. The molecular weight excluding hydrogens is 566 g/mol. The fraction of sp³-hybridized carbons (Fsp3) is 0.385. The van der Waals surface area contributed by atoms with Crippen LogP contribution >= 0.6 is 22.9 Å². The molecule has 0 spiro atoms. The SMILES string of the molecule is Cc1ccc(CN(CCCn2ccnc2)Cc2cc3c(cc2Cl)OCO3)s1.O=C(O)CC(O)(CC(=O)O)C(=O)O. The van der Waals surface area contributed by atoms with E-state index in [9.17, 15) is 14.4 Å². The molecule has 12 nitrogen and oxygen atoms in total. The second-order valence-corrected chi connectivity index (χ2v) is 10.9. The minimum Gasteiger partial charge on any atom is -0.481 e. The molecule has 14 heteroatoms. The number of thiophene rings is 1. The molecule has 216 valence electrons. The Kier molecular flexibility index (Phi) is 10.9. The topological polar surface area (TPSA) is 172 Å². The van der Waals surface area contributed by atoms with Crippen molar-refractivity contribution in [1.29, 1.82) is 0 Å². The van der Waals surface area contributed by atoms with Crippen molar-refractivity contribution in [3.05, 3.63) is 63.3 Å². The Bertz CT molecular complexity index is 1300. The van der Waals surface area contributed by atoms with Crippen LogP contribution in [0.25, 0.3) is 0 Å². The number of imidazole rings is 1. The highest BCUT2D eigenvalue weighted by Crippen LogP contribution is 2.37. The molecule has 0 saturated heterocycles. The van der Waals surface area contributed by atoms with Crippen LogP contribution in [0.4, 0.5) is 0 Å². The lowest BCUT2D eigenvalue weighted by atomic mass is 9.96. The molecule has 3 heterocycles. The van der Waals surface area contributed by atoms with Gasteiger partial charge < -0.3 is 34.5 Å². The predicted octanol–water partition coefficient (Wildman–Crippen LogP) is 3.48. The highest BCUT2D eigenvalue weighted by atomic mass is 35.5. The second-order valence-electron chi connectivity index (χ2n) is 9.15. The number of carboxylic acids is 3. The van der Waals surface area contributed by atoms with Crippen molar-refractivity contribution in [2.24, 2.45) is 0 Å². The number of aliphatic hydroxyl groups is 1. The lowest BCUT2D eigenvalue weighted by Crippen LogP contribution is -2.42. The van der Waals surface area contributed by atoms with Crippen molar-refractivity contribution in [3.63, 3.8) is 0 Å². The standard InChI is InChI=1S/C20H22ClN3O2S.C6H8O7/c1-15-3-4-17(27-15)12-24(7-2-6-23-8-5-22-13-23)11-16-9-19-20(10-18(16)21)26-14-25-19;7-3(8)1-6(13,5(11)12)2-4(9)10/h3-5,8-10,13H,2,6-7,11-12,14H2,1H3;13H,1-2H2,(H,7,8)(H,9,10)(H,11,12). The molecule has 1 aliphatic heterocycles. The van der Waals surface area contributed by atoms with Gasteiger partial charge in [-0.05, 0) is 37.1 Å². The molecule has 4 N–H and O–H groups in total. The lowest BCUT2D eigenvalue weighted by molar-refractivity contribution is -0.170. The lowest BCUT2D eigenvalue weighted by Gasteiger charge is -2.22. The zero-order chi connectivity index (χ0) is 29.3. The van der Waals surface area contributed by atoms with Gasteiger partial charge in [-0.1, -0.05) is 11.6 Å². The number of carbonyl (C=O) groups is 3. The third-order valence-electron chi connectivity index (χ3n) is 5.85. The Morgan fingerprint density at radius 2 is 1.77 bits per heavy atom. The number of halogens is 1. The second kappa shape index (κ2) is 14.1. The van der Waals surface area contributed by atoms with E-state index in [4.69, 9.17) is 41.5 Å². The first-order valence-electron chi connectivity index (χ1n) is 12.2. The van der Waals surface area contributed by atoms with Gasteiger partial charge in [-0.25, -0.2) is 9.78 Å². The third-order valence-corrected chi connectivity index (χ3v) is 7.18. The Hall–Kier alpha value is -3.65. The first-order chi connectivity index (χ1) is 18.9. The maximum atomic E-state index is 10.3. The van der Waals surface area contributed by atoms with Crippen LogP contribution in [0, 0.1) is 6.92 Å². The number of aromatic nitrogens is 2. The monoisotopic (exact) mass is 595 g/mol. The van der Waals surface area contributed by atoms with Crippen LogP contribution in [0.15, 0.2) is 43.0 Å². The molecule has 0 unspecified atom stereocenters. The van der Waals surface area contributed by atoms with Crippen LogP contribution in [-0.4, -0.2) is 71.7 Å². The van der Waals surface area contributed by atoms with E-state index in [2.05, 4.69) is 33.5 Å². The minimum absolute atomic E-state index is 0.262. The molecule has 0 radical (unpaired) electrons. The summed E-state index contributed by atoms with van der Waals surface area (Å²) in [7, 11) is 0. The van der Waals surface area contributed by atoms with E-state index in [1.54, 1.807) is 0 Å². The summed E-state index contributed by atoms with van der Waals surface area (Å²) in [5.74, 6) is -3.52. The predicted molar refractivity (Wildman–Crippen MR) is 145 cm³/mol. The first kappa shape index (κ1) is 30.9.